The predicted octanol–water partition coefficient (Wildman–Crippen LogP) is 5.29. The number of hydrogen-bond donors (Lipinski definition) is 1. The van der Waals surface area contributed by atoms with Crippen molar-refractivity contribution in [3.05, 3.63) is 64.5 Å². The molecule has 1 N–H and O–H groups in total. The van der Waals surface area contributed by atoms with Gasteiger partial charge in [-0.05, 0) is 36.8 Å². The molecule has 0 unspecified atom stereocenters. The van der Waals surface area contributed by atoms with Gasteiger partial charge < -0.3 is 9.84 Å². The van der Waals surface area contributed by atoms with E-state index in [1.807, 2.05) is 6.92 Å². The van der Waals surface area contributed by atoms with E-state index in [0.29, 0.717) is 10.7 Å². The summed E-state index contributed by atoms with van der Waals surface area (Å²) in [7, 11) is 0. The maximum atomic E-state index is 12.8. The molecular formula is C19H15ClF3N3O2. The molecule has 1 aromatic heterocycles. The number of nitrogens with one attached hydrogen (secondary N) is 1. The topological polar surface area (TPSA) is 68.0 Å². The molecule has 146 valence electrons. The Labute approximate surface area is 163 Å². The van der Waals surface area contributed by atoms with Crippen molar-refractivity contribution in [2.45, 2.75) is 25.9 Å². The average Bonchev–Trinajstić information content (AvgIpc) is 3.12. The number of anilines is 1. The van der Waals surface area contributed by atoms with Crippen LogP contribution in [0, 0.1) is 6.92 Å². The standard InChI is InChI=1S/C19H15ClF3N3O2/c1-11-5-6-14(20)10-15(11)24-16(27)7-8-17-25-18(26-28-17)12-3-2-4-13(9-12)19(21,22)23/h2-6,9-10H,7-8H2,1H3,(H,24,27). The third-order valence-electron chi connectivity index (χ3n) is 3.96. The predicted molar refractivity (Wildman–Crippen MR) is 97.9 cm³/mol. The third kappa shape index (κ3) is 4.89. The van der Waals surface area contributed by atoms with Gasteiger partial charge in [0.15, 0.2) is 0 Å². The molecule has 0 spiro atoms. The first-order valence-electron chi connectivity index (χ1n) is 8.28. The summed E-state index contributed by atoms with van der Waals surface area (Å²) in [5, 5.41) is 6.94. The van der Waals surface area contributed by atoms with E-state index >= 15 is 0 Å². The van der Waals surface area contributed by atoms with Crippen molar-refractivity contribution < 1.29 is 22.5 Å². The molecule has 28 heavy (non-hydrogen) atoms. The lowest BCUT2D eigenvalue weighted by molar-refractivity contribution is -0.137. The molecule has 9 heteroatoms. The number of carbonyl (C=O) groups excluding carboxylic acids is 1. The Balaban J connectivity index is 1.64. The molecule has 3 aromatic rings. The minimum atomic E-state index is -4.46. The van der Waals surface area contributed by atoms with Crippen LogP contribution in [0.25, 0.3) is 11.4 Å². The summed E-state index contributed by atoms with van der Waals surface area (Å²) < 4.78 is 43.5. The van der Waals surface area contributed by atoms with Crippen molar-refractivity contribution in [2.24, 2.45) is 0 Å². The van der Waals surface area contributed by atoms with Crippen molar-refractivity contribution in [1.82, 2.24) is 10.1 Å². The van der Waals surface area contributed by atoms with Gasteiger partial charge in [-0.1, -0.05) is 35.0 Å². The zero-order valence-corrected chi connectivity index (χ0v) is 15.4. The first-order chi connectivity index (χ1) is 13.2. The van der Waals surface area contributed by atoms with Crippen LogP contribution >= 0.6 is 11.6 Å². The van der Waals surface area contributed by atoms with Gasteiger partial charge in [-0.2, -0.15) is 18.2 Å². The monoisotopic (exact) mass is 409 g/mol. The third-order valence-corrected chi connectivity index (χ3v) is 4.19. The number of hydrogen-bond acceptors (Lipinski definition) is 4. The number of rotatable bonds is 5. The molecule has 0 bridgehead atoms. The van der Waals surface area contributed by atoms with Crippen LogP contribution in [0.5, 0.6) is 0 Å². The summed E-state index contributed by atoms with van der Waals surface area (Å²) in [5.41, 5.74) is 0.853. The fraction of sp³-hybridized carbons (Fsp3) is 0.211. The molecule has 0 radical (unpaired) electrons. The highest BCUT2D eigenvalue weighted by molar-refractivity contribution is 6.31. The smallest absolute Gasteiger partial charge is 0.339 e. The van der Waals surface area contributed by atoms with Crippen molar-refractivity contribution in [1.29, 1.82) is 0 Å². The molecule has 0 saturated heterocycles. The Kier molecular flexibility index (Phi) is 5.69. The van der Waals surface area contributed by atoms with Gasteiger partial charge >= 0.3 is 6.18 Å². The summed E-state index contributed by atoms with van der Waals surface area (Å²) in [6, 6.07) is 9.80. The Morgan fingerprint density at radius 1 is 1.21 bits per heavy atom. The van der Waals surface area contributed by atoms with Crippen molar-refractivity contribution in [2.75, 3.05) is 5.32 Å². The summed E-state index contributed by atoms with van der Waals surface area (Å²) in [6.07, 6.45) is -4.24. The van der Waals surface area contributed by atoms with E-state index < -0.39 is 11.7 Å². The maximum absolute atomic E-state index is 12.8. The minimum Gasteiger partial charge on any atom is -0.339 e. The lowest BCUT2D eigenvalue weighted by Gasteiger charge is -2.08. The van der Waals surface area contributed by atoms with Crippen LogP contribution in [-0.4, -0.2) is 16.0 Å². The second-order valence-corrected chi connectivity index (χ2v) is 6.53. The van der Waals surface area contributed by atoms with Gasteiger partial charge in [-0.3, -0.25) is 4.79 Å². The summed E-state index contributed by atoms with van der Waals surface area (Å²) in [4.78, 5) is 16.2. The zero-order valence-electron chi connectivity index (χ0n) is 14.7. The Hall–Kier alpha value is -2.87. The number of benzene rings is 2. The number of amides is 1. The second-order valence-electron chi connectivity index (χ2n) is 6.10. The Morgan fingerprint density at radius 3 is 2.75 bits per heavy atom. The molecule has 0 fully saturated rings. The first-order valence-corrected chi connectivity index (χ1v) is 8.66. The molecule has 1 amide bonds. The number of alkyl halides is 3. The largest absolute Gasteiger partial charge is 0.416 e. The molecule has 1 heterocycles. The van der Waals surface area contributed by atoms with Crippen LogP contribution in [0.15, 0.2) is 47.0 Å². The number of halogens is 4. The van der Waals surface area contributed by atoms with E-state index in [-0.39, 0.29) is 36.0 Å². The molecular weight excluding hydrogens is 395 g/mol. The Morgan fingerprint density at radius 2 is 2.00 bits per heavy atom. The minimum absolute atomic E-state index is 0.0344. The summed E-state index contributed by atoms with van der Waals surface area (Å²) in [5.74, 6) is -0.0817. The van der Waals surface area contributed by atoms with Crippen LogP contribution in [0.4, 0.5) is 18.9 Å². The van der Waals surface area contributed by atoms with E-state index in [2.05, 4.69) is 15.5 Å². The van der Waals surface area contributed by atoms with Gasteiger partial charge in [-0.15, -0.1) is 0 Å². The second kappa shape index (κ2) is 8.02. The summed E-state index contributed by atoms with van der Waals surface area (Å²) in [6.45, 7) is 1.84. The maximum Gasteiger partial charge on any atom is 0.416 e. The van der Waals surface area contributed by atoms with Crippen LogP contribution in [0.3, 0.4) is 0 Å². The van der Waals surface area contributed by atoms with E-state index in [9.17, 15) is 18.0 Å². The molecule has 0 aliphatic carbocycles. The molecule has 0 aliphatic heterocycles. The van der Waals surface area contributed by atoms with E-state index in [1.165, 1.54) is 12.1 Å². The zero-order chi connectivity index (χ0) is 20.3. The molecule has 0 atom stereocenters. The van der Waals surface area contributed by atoms with Gasteiger partial charge in [0.1, 0.15) is 0 Å². The van der Waals surface area contributed by atoms with Crippen molar-refractivity contribution in [3.63, 3.8) is 0 Å². The lowest BCUT2D eigenvalue weighted by atomic mass is 10.1. The highest BCUT2D eigenvalue weighted by atomic mass is 35.5. The van der Waals surface area contributed by atoms with Crippen LogP contribution < -0.4 is 5.32 Å². The van der Waals surface area contributed by atoms with Gasteiger partial charge in [0.25, 0.3) is 0 Å². The number of carbonyl (C=O) groups is 1. The van der Waals surface area contributed by atoms with Gasteiger partial charge in [-0.25, -0.2) is 0 Å². The number of aryl methyl sites for hydroxylation is 2. The number of nitrogens with zero attached hydrogens (tertiary/aromatic N) is 2. The highest BCUT2D eigenvalue weighted by Gasteiger charge is 2.30. The normalized spacial score (nSPS) is 11.5. The van der Waals surface area contributed by atoms with E-state index in [0.717, 1.165) is 17.7 Å². The first kappa shape index (κ1) is 19.9. The van der Waals surface area contributed by atoms with Crippen LogP contribution in [0.1, 0.15) is 23.4 Å². The van der Waals surface area contributed by atoms with Crippen LogP contribution in [0.2, 0.25) is 5.02 Å². The van der Waals surface area contributed by atoms with Crippen molar-refractivity contribution >= 4 is 23.2 Å². The highest BCUT2D eigenvalue weighted by Crippen LogP contribution is 2.31. The fourth-order valence-corrected chi connectivity index (χ4v) is 2.64. The molecule has 5 nitrogen and oxygen atoms in total. The van der Waals surface area contributed by atoms with E-state index in [1.54, 1.807) is 18.2 Å². The molecule has 3 rings (SSSR count). The van der Waals surface area contributed by atoms with Gasteiger partial charge in [0.05, 0.1) is 5.56 Å². The molecule has 2 aromatic carbocycles. The Bertz CT molecular complexity index is 1000. The van der Waals surface area contributed by atoms with Crippen LogP contribution in [-0.2, 0) is 17.4 Å². The molecule has 0 saturated carbocycles. The lowest BCUT2D eigenvalue weighted by Crippen LogP contribution is -2.13. The van der Waals surface area contributed by atoms with Gasteiger partial charge in [0.2, 0.25) is 17.6 Å². The molecule has 0 aliphatic rings. The van der Waals surface area contributed by atoms with Gasteiger partial charge in [0, 0.05) is 29.1 Å². The number of aromatic nitrogens is 2. The van der Waals surface area contributed by atoms with E-state index in [4.69, 9.17) is 16.1 Å². The SMILES string of the molecule is Cc1ccc(Cl)cc1NC(=O)CCc1nc(-c2cccc(C(F)(F)F)c2)no1. The van der Waals surface area contributed by atoms with Crippen molar-refractivity contribution in [3.8, 4) is 11.4 Å². The average molecular weight is 410 g/mol. The quantitative estimate of drug-likeness (QED) is 0.621. The fourth-order valence-electron chi connectivity index (χ4n) is 2.47. The summed E-state index contributed by atoms with van der Waals surface area (Å²) >= 11 is 5.92.